The van der Waals surface area contributed by atoms with Gasteiger partial charge in [0.25, 0.3) is 5.91 Å². The average molecular weight is 668 g/mol. The van der Waals surface area contributed by atoms with Crippen LogP contribution in [-0.2, 0) is 16.2 Å². The number of nitrogens with two attached hydrogens (primary N) is 2. The first kappa shape index (κ1) is 33.4. The molecule has 0 spiro atoms. The second kappa shape index (κ2) is 15.1. The molecule has 1 unspecified atom stereocenters. The van der Waals surface area contributed by atoms with Crippen molar-refractivity contribution in [2.45, 2.75) is 25.7 Å². The lowest BCUT2D eigenvalue weighted by atomic mass is 9.94. The third kappa shape index (κ3) is 8.11. The molecular formula is C40H37N5O5. The summed E-state index contributed by atoms with van der Waals surface area (Å²) in [5.41, 5.74) is 17.9. The molecule has 0 aromatic heterocycles. The van der Waals surface area contributed by atoms with E-state index in [-0.39, 0.29) is 24.1 Å². The molecule has 0 saturated carbocycles. The van der Waals surface area contributed by atoms with E-state index in [4.69, 9.17) is 20.9 Å². The predicted molar refractivity (Wildman–Crippen MR) is 195 cm³/mol. The highest BCUT2D eigenvalue weighted by molar-refractivity contribution is 6.49. The van der Waals surface area contributed by atoms with Crippen molar-refractivity contribution in [1.29, 1.82) is 0 Å². The molecule has 2 atom stereocenters. The summed E-state index contributed by atoms with van der Waals surface area (Å²) in [5, 5.41) is 15.5. The molecule has 5 aromatic rings. The molecule has 50 heavy (non-hydrogen) atoms. The Bertz CT molecular complexity index is 2040. The number of rotatable bonds is 11. The van der Waals surface area contributed by atoms with Crippen molar-refractivity contribution in [1.82, 2.24) is 5.32 Å². The van der Waals surface area contributed by atoms with Crippen molar-refractivity contribution in [2.75, 3.05) is 17.6 Å². The molecule has 10 nitrogen and oxygen atoms in total. The van der Waals surface area contributed by atoms with Crippen LogP contribution in [0.3, 0.4) is 0 Å². The summed E-state index contributed by atoms with van der Waals surface area (Å²) in [6, 6.07) is 37.5. The molecule has 252 valence electrons. The van der Waals surface area contributed by atoms with Crippen LogP contribution >= 0.6 is 0 Å². The number of hydrogen-bond acceptors (Lipinski definition) is 8. The lowest BCUT2D eigenvalue weighted by Crippen LogP contribution is -2.22. The third-order valence-electron chi connectivity index (χ3n) is 8.16. The zero-order chi connectivity index (χ0) is 35.0. The van der Waals surface area contributed by atoms with Gasteiger partial charge in [-0.1, -0.05) is 72.8 Å². The molecule has 1 fully saturated rings. The van der Waals surface area contributed by atoms with Gasteiger partial charge in [0.2, 0.25) is 5.91 Å². The van der Waals surface area contributed by atoms with Crippen LogP contribution in [0.25, 0.3) is 5.70 Å². The van der Waals surface area contributed by atoms with Gasteiger partial charge in [0.05, 0.1) is 6.04 Å². The van der Waals surface area contributed by atoms with Gasteiger partial charge < -0.3 is 36.7 Å². The quantitative estimate of drug-likeness (QED) is 0.103. The van der Waals surface area contributed by atoms with Gasteiger partial charge in [-0.3, -0.25) is 14.6 Å². The van der Waals surface area contributed by atoms with E-state index < -0.39 is 17.9 Å². The predicted octanol–water partition coefficient (Wildman–Crippen LogP) is 6.31. The van der Waals surface area contributed by atoms with E-state index in [1.54, 1.807) is 12.1 Å². The van der Waals surface area contributed by atoms with Gasteiger partial charge in [-0.15, -0.1) is 0 Å². The number of carbonyl (C=O) groups excluding carboxylic acids is 2. The highest BCUT2D eigenvalue weighted by Gasteiger charge is 2.37. The summed E-state index contributed by atoms with van der Waals surface area (Å²) < 4.78 is 12.2. The lowest BCUT2D eigenvalue weighted by Gasteiger charge is -2.18. The second-order valence-corrected chi connectivity index (χ2v) is 11.8. The molecule has 1 aliphatic rings. The Morgan fingerprint density at radius 3 is 2.38 bits per heavy atom. The highest BCUT2D eigenvalue weighted by atomic mass is 16.5. The molecule has 0 bridgehead atoms. The Balaban J connectivity index is 1.29. The standard InChI is InChI=1S/C40H37N5O5/c1-25(27-7-3-2-4-8-27)50-34-12-5-9-29(21-34)37(42)36-38(28-15-19-33(20-16-28)49-24-26-13-17-30(41)18-14-26)45-40(48)39(36)43-23-35(47)44-31-10-6-11-32(46)22-31/h2-22,25,38,46H,23-24,41-42H2,1H3,(H,44,47)(H,45,48)/t25-,38?/m0/s1. The molecular weight excluding hydrogens is 630 g/mol. The number of phenols is 1. The maximum absolute atomic E-state index is 13.5. The van der Waals surface area contributed by atoms with Crippen LogP contribution in [0.1, 0.15) is 41.3 Å². The number of aliphatic imine (C=N–C) groups is 1. The Morgan fingerprint density at radius 2 is 1.64 bits per heavy atom. The van der Waals surface area contributed by atoms with Crippen LogP contribution in [-0.4, -0.2) is 29.2 Å². The van der Waals surface area contributed by atoms with Crippen LogP contribution in [0.2, 0.25) is 0 Å². The van der Waals surface area contributed by atoms with Crippen LogP contribution in [0.5, 0.6) is 17.2 Å². The van der Waals surface area contributed by atoms with Crippen molar-refractivity contribution < 1.29 is 24.2 Å². The number of carbonyl (C=O) groups is 2. The van der Waals surface area contributed by atoms with Gasteiger partial charge in [-0.05, 0) is 72.1 Å². The number of ether oxygens (including phenoxy) is 2. The zero-order valence-electron chi connectivity index (χ0n) is 27.4. The van der Waals surface area contributed by atoms with Crippen LogP contribution in [0, 0.1) is 0 Å². The fourth-order valence-corrected chi connectivity index (χ4v) is 5.58. The number of nitrogens with one attached hydrogen (secondary N) is 2. The molecule has 0 aliphatic carbocycles. The van der Waals surface area contributed by atoms with Gasteiger partial charge in [0.1, 0.15) is 42.2 Å². The highest BCUT2D eigenvalue weighted by Crippen LogP contribution is 2.35. The van der Waals surface area contributed by atoms with Crippen molar-refractivity contribution in [3.8, 4) is 17.2 Å². The van der Waals surface area contributed by atoms with Gasteiger partial charge >= 0.3 is 0 Å². The number of benzene rings is 5. The van der Waals surface area contributed by atoms with E-state index in [1.807, 2.05) is 110 Å². The minimum Gasteiger partial charge on any atom is -0.508 e. The van der Waals surface area contributed by atoms with Crippen LogP contribution < -0.4 is 31.6 Å². The first-order valence-electron chi connectivity index (χ1n) is 16.1. The molecule has 7 N–H and O–H groups in total. The SMILES string of the molecule is C[C@H](Oc1cccc(C(N)=C2C(=NCC(=O)Nc3cccc(O)c3)C(=O)NC2c2ccc(OCc3ccc(N)cc3)cc2)c1)c1ccccc1. The number of nitrogen functional groups attached to an aromatic ring is 1. The maximum Gasteiger partial charge on any atom is 0.270 e. The molecule has 5 aromatic carbocycles. The van der Waals surface area contributed by atoms with Gasteiger partial charge in [0.15, 0.2) is 0 Å². The largest absolute Gasteiger partial charge is 0.508 e. The Morgan fingerprint density at radius 1 is 0.900 bits per heavy atom. The molecule has 0 radical (unpaired) electrons. The van der Waals surface area contributed by atoms with Crippen molar-refractivity contribution in [3.63, 3.8) is 0 Å². The minimum atomic E-state index is -0.658. The Kier molecular flexibility index (Phi) is 10.1. The molecule has 6 rings (SSSR count). The van der Waals surface area contributed by atoms with Crippen LogP contribution in [0.15, 0.2) is 138 Å². The molecule has 1 saturated heterocycles. The lowest BCUT2D eigenvalue weighted by molar-refractivity contribution is -0.115. The first-order valence-corrected chi connectivity index (χ1v) is 16.1. The number of nitrogens with zero attached hydrogens (tertiary/aromatic N) is 1. The normalized spacial score (nSPS) is 16.4. The minimum absolute atomic E-state index is 0.0103. The summed E-state index contributed by atoms with van der Waals surface area (Å²) in [6.45, 7) is 1.98. The monoisotopic (exact) mass is 667 g/mol. The second-order valence-electron chi connectivity index (χ2n) is 11.8. The fourth-order valence-electron chi connectivity index (χ4n) is 5.58. The Hall–Kier alpha value is -6.55. The van der Waals surface area contributed by atoms with E-state index >= 15 is 0 Å². The smallest absolute Gasteiger partial charge is 0.270 e. The third-order valence-corrected chi connectivity index (χ3v) is 8.16. The van der Waals surface area contributed by atoms with E-state index in [9.17, 15) is 14.7 Å². The summed E-state index contributed by atoms with van der Waals surface area (Å²) in [7, 11) is 0. The van der Waals surface area contributed by atoms with E-state index in [1.165, 1.54) is 12.1 Å². The number of anilines is 2. The van der Waals surface area contributed by atoms with Crippen molar-refractivity contribution in [2.24, 2.45) is 10.7 Å². The molecule has 1 aliphatic heterocycles. The van der Waals surface area contributed by atoms with Crippen LogP contribution in [0.4, 0.5) is 11.4 Å². The Labute approximate surface area is 290 Å². The van der Waals surface area contributed by atoms with E-state index in [0.29, 0.717) is 46.3 Å². The van der Waals surface area contributed by atoms with Crippen molar-refractivity contribution in [3.05, 3.63) is 155 Å². The van der Waals surface area contributed by atoms with E-state index in [0.717, 1.165) is 16.7 Å². The topological polar surface area (TPSA) is 161 Å². The van der Waals surface area contributed by atoms with Gasteiger partial charge in [-0.25, -0.2) is 0 Å². The fraction of sp³-hybridized carbons (Fsp3) is 0.125. The summed E-state index contributed by atoms with van der Waals surface area (Å²) >= 11 is 0. The molecule has 1 heterocycles. The summed E-state index contributed by atoms with van der Waals surface area (Å²) in [5.74, 6) is 0.319. The zero-order valence-corrected chi connectivity index (χ0v) is 27.4. The van der Waals surface area contributed by atoms with Gasteiger partial charge in [0, 0.05) is 34.3 Å². The molecule has 2 amide bonds. The molecule has 10 heteroatoms. The summed E-state index contributed by atoms with van der Waals surface area (Å²) in [4.78, 5) is 30.8. The van der Waals surface area contributed by atoms with E-state index in [2.05, 4.69) is 15.6 Å². The number of aromatic hydroxyl groups is 1. The average Bonchev–Trinajstić information content (AvgIpc) is 3.46. The maximum atomic E-state index is 13.5. The number of phenolic OH excluding ortho intramolecular Hbond substituents is 1. The first-order chi connectivity index (χ1) is 24.2. The number of amides is 2. The number of hydrogen-bond donors (Lipinski definition) is 5. The van der Waals surface area contributed by atoms with Gasteiger partial charge in [-0.2, -0.15) is 0 Å². The van der Waals surface area contributed by atoms with Crippen molar-refractivity contribution >= 4 is 34.6 Å². The summed E-state index contributed by atoms with van der Waals surface area (Å²) in [6.07, 6.45) is -0.217.